The predicted octanol–water partition coefficient (Wildman–Crippen LogP) is 3.52. The second-order valence-corrected chi connectivity index (χ2v) is 7.52. The number of ether oxygens (including phenoxy) is 2. The minimum Gasteiger partial charge on any atom is -0.459 e. The smallest absolute Gasteiger partial charge is 0.336 e. The number of halogens is 1. The third kappa shape index (κ3) is 3.49. The van der Waals surface area contributed by atoms with Crippen molar-refractivity contribution in [1.82, 2.24) is 5.32 Å². The Morgan fingerprint density at radius 3 is 2.86 bits per heavy atom. The first-order valence-electron chi connectivity index (χ1n) is 9.83. The molecule has 1 saturated heterocycles. The van der Waals surface area contributed by atoms with Crippen LogP contribution in [0.1, 0.15) is 50.5 Å². The number of dihydropyridines is 1. The first kappa shape index (κ1) is 18.9. The van der Waals surface area contributed by atoms with Crippen LogP contribution in [0.2, 0.25) is 0 Å². The minimum atomic E-state index is -0.748. The fourth-order valence-corrected chi connectivity index (χ4v) is 4.30. The van der Waals surface area contributed by atoms with E-state index in [1.54, 1.807) is 25.1 Å². The summed E-state index contributed by atoms with van der Waals surface area (Å²) >= 11 is 0. The van der Waals surface area contributed by atoms with Crippen LogP contribution in [0.25, 0.3) is 0 Å². The van der Waals surface area contributed by atoms with Crippen molar-refractivity contribution in [2.75, 3.05) is 13.2 Å². The van der Waals surface area contributed by atoms with Gasteiger partial charge in [0.2, 0.25) is 0 Å². The van der Waals surface area contributed by atoms with Gasteiger partial charge in [-0.3, -0.25) is 4.79 Å². The molecule has 2 heterocycles. The van der Waals surface area contributed by atoms with Crippen molar-refractivity contribution in [3.05, 3.63) is 58.2 Å². The standard InChI is InChI=1S/C22H24FNO4/c1-13-19(22(26)28-12-14-6-5-11-27-14)20(15-7-2-3-8-16(15)23)21-17(24-13)9-4-10-18(21)25/h2-3,7-8,14,20,24H,4-6,9-12H2,1H3. The van der Waals surface area contributed by atoms with Gasteiger partial charge < -0.3 is 14.8 Å². The number of nitrogens with one attached hydrogen (secondary N) is 1. The molecular formula is C22H24FNO4. The van der Waals surface area contributed by atoms with Crippen molar-refractivity contribution in [3.8, 4) is 0 Å². The van der Waals surface area contributed by atoms with E-state index in [0.717, 1.165) is 25.0 Å². The summed E-state index contributed by atoms with van der Waals surface area (Å²) in [6.07, 6.45) is 3.58. The predicted molar refractivity (Wildman–Crippen MR) is 101 cm³/mol. The van der Waals surface area contributed by atoms with E-state index >= 15 is 0 Å². The lowest BCUT2D eigenvalue weighted by molar-refractivity contribution is -0.142. The van der Waals surface area contributed by atoms with Gasteiger partial charge in [0, 0.05) is 35.6 Å². The highest BCUT2D eigenvalue weighted by atomic mass is 19.1. The molecule has 1 aliphatic carbocycles. The van der Waals surface area contributed by atoms with E-state index in [1.807, 2.05) is 0 Å². The number of hydrogen-bond acceptors (Lipinski definition) is 5. The van der Waals surface area contributed by atoms with Crippen LogP contribution in [0.15, 0.2) is 46.8 Å². The molecule has 2 aliphatic heterocycles. The van der Waals surface area contributed by atoms with Crippen LogP contribution in [0.3, 0.4) is 0 Å². The molecule has 2 atom stereocenters. The van der Waals surface area contributed by atoms with E-state index in [0.29, 0.717) is 41.9 Å². The van der Waals surface area contributed by atoms with Gasteiger partial charge in [-0.1, -0.05) is 18.2 Å². The first-order valence-corrected chi connectivity index (χ1v) is 9.83. The number of esters is 1. The molecule has 5 nitrogen and oxygen atoms in total. The Morgan fingerprint density at radius 1 is 1.29 bits per heavy atom. The minimum absolute atomic E-state index is 0.0427. The molecule has 28 heavy (non-hydrogen) atoms. The maximum Gasteiger partial charge on any atom is 0.336 e. The lowest BCUT2D eigenvalue weighted by Gasteiger charge is -2.34. The molecule has 0 bridgehead atoms. The van der Waals surface area contributed by atoms with Gasteiger partial charge in [-0.2, -0.15) is 0 Å². The zero-order valence-electron chi connectivity index (χ0n) is 15.9. The van der Waals surface area contributed by atoms with Gasteiger partial charge in [0.05, 0.1) is 17.6 Å². The number of ketones is 1. The maximum atomic E-state index is 14.7. The zero-order chi connectivity index (χ0) is 19.7. The molecule has 6 heteroatoms. The fraction of sp³-hybridized carbons (Fsp3) is 0.455. The van der Waals surface area contributed by atoms with Crippen molar-refractivity contribution in [2.24, 2.45) is 0 Å². The number of benzene rings is 1. The summed E-state index contributed by atoms with van der Waals surface area (Å²) in [7, 11) is 0. The molecule has 2 unspecified atom stereocenters. The van der Waals surface area contributed by atoms with Gasteiger partial charge in [-0.05, 0) is 38.7 Å². The van der Waals surface area contributed by atoms with E-state index in [4.69, 9.17) is 9.47 Å². The zero-order valence-corrected chi connectivity index (χ0v) is 15.9. The van der Waals surface area contributed by atoms with E-state index in [1.165, 1.54) is 6.07 Å². The molecule has 4 rings (SSSR count). The Balaban J connectivity index is 1.71. The van der Waals surface area contributed by atoms with Crippen LogP contribution < -0.4 is 5.32 Å². The Morgan fingerprint density at radius 2 is 2.11 bits per heavy atom. The summed E-state index contributed by atoms with van der Waals surface area (Å²) < 4.78 is 25.7. The second kappa shape index (κ2) is 7.87. The van der Waals surface area contributed by atoms with Gasteiger partial charge in [-0.25, -0.2) is 9.18 Å². The third-order valence-corrected chi connectivity index (χ3v) is 5.64. The number of hydrogen-bond donors (Lipinski definition) is 1. The van der Waals surface area contributed by atoms with Crippen LogP contribution in [0.5, 0.6) is 0 Å². The van der Waals surface area contributed by atoms with Crippen molar-refractivity contribution >= 4 is 11.8 Å². The molecular weight excluding hydrogens is 361 g/mol. The van der Waals surface area contributed by atoms with Crippen molar-refractivity contribution < 1.29 is 23.5 Å². The number of allylic oxidation sites excluding steroid dienone is 3. The molecule has 0 radical (unpaired) electrons. The number of carbonyl (C=O) groups excluding carboxylic acids is 2. The Kier molecular flexibility index (Phi) is 5.31. The highest BCUT2D eigenvalue weighted by molar-refractivity contribution is 6.03. The van der Waals surface area contributed by atoms with Gasteiger partial charge in [0.1, 0.15) is 12.4 Å². The first-order chi connectivity index (χ1) is 13.6. The highest BCUT2D eigenvalue weighted by Crippen LogP contribution is 2.43. The second-order valence-electron chi connectivity index (χ2n) is 7.52. The summed E-state index contributed by atoms with van der Waals surface area (Å²) in [6.45, 7) is 2.62. The summed E-state index contributed by atoms with van der Waals surface area (Å²) in [5.41, 5.74) is 2.52. The van der Waals surface area contributed by atoms with Crippen molar-refractivity contribution in [1.29, 1.82) is 0 Å². The average molecular weight is 385 g/mol. The van der Waals surface area contributed by atoms with Gasteiger partial charge in [-0.15, -0.1) is 0 Å². The topological polar surface area (TPSA) is 64.6 Å². The quantitative estimate of drug-likeness (QED) is 0.804. The largest absolute Gasteiger partial charge is 0.459 e. The molecule has 1 aromatic rings. The van der Waals surface area contributed by atoms with Crippen LogP contribution >= 0.6 is 0 Å². The molecule has 0 spiro atoms. The molecule has 1 aromatic carbocycles. The lowest BCUT2D eigenvalue weighted by atomic mass is 9.75. The summed E-state index contributed by atoms with van der Waals surface area (Å²) in [4.78, 5) is 25.8. The molecule has 0 amide bonds. The Labute approximate surface area is 163 Å². The maximum absolute atomic E-state index is 14.7. The summed E-state index contributed by atoms with van der Waals surface area (Å²) in [5.74, 6) is -1.75. The van der Waals surface area contributed by atoms with E-state index in [-0.39, 0.29) is 18.5 Å². The van der Waals surface area contributed by atoms with Gasteiger partial charge in [0.15, 0.2) is 5.78 Å². The molecule has 0 aromatic heterocycles. The molecule has 1 N–H and O–H groups in total. The fourth-order valence-electron chi connectivity index (χ4n) is 4.30. The Hall–Kier alpha value is -2.47. The Bertz CT molecular complexity index is 867. The molecule has 0 saturated carbocycles. The molecule has 148 valence electrons. The lowest BCUT2D eigenvalue weighted by Crippen LogP contribution is -2.35. The molecule has 3 aliphatic rings. The monoisotopic (exact) mass is 385 g/mol. The van der Waals surface area contributed by atoms with Gasteiger partial charge >= 0.3 is 5.97 Å². The van der Waals surface area contributed by atoms with Crippen LogP contribution in [0, 0.1) is 5.82 Å². The number of carbonyl (C=O) groups is 2. The van der Waals surface area contributed by atoms with Crippen LogP contribution in [0.4, 0.5) is 4.39 Å². The van der Waals surface area contributed by atoms with Crippen molar-refractivity contribution in [3.63, 3.8) is 0 Å². The van der Waals surface area contributed by atoms with Crippen LogP contribution in [-0.2, 0) is 19.1 Å². The van der Waals surface area contributed by atoms with E-state index in [9.17, 15) is 14.0 Å². The average Bonchev–Trinajstić information content (AvgIpc) is 3.19. The number of Topliss-reactive ketones (excluding diaryl/α,β-unsaturated/α-hetero) is 1. The third-order valence-electron chi connectivity index (χ3n) is 5.64. The SMILES string of the molecule is CC1=C(C(=O)OCC2CCCO2)C(c2ccccc2F)C2=C(CCCC2=O)N1. The van der Waals surface area contributed by atoms with E-state index < -0.39 is 17.7 Å². The number of rotatable bonds is 4. The summed E-state index contributed by atoms with van der Waals surface area (Å²) in [6, 6.07) is 6.32. The molecule has 1 fully saturated rings. The summed E-state index contributed by atoms with van der Waals surface area (Å²) in [5, 5.41) is 3.21. The highest BCUT2D eigenvalue weighted by Gasteiger charge is 2.40. The van der Waals surface area contributed by atoms with Crippen molar-refractivity contribution in [2.45, 2.75) is 51.0 Å². The normalized spacial score (nSPS) is 24.9. The van der Waals surface area contributed by atoms with Gasteiger partial charge in [0.25, 0.3) is 0 Å². The van der Waals surface area contributed by atoms with Crippen LogP contribution in [-0.4, -0.2) is 31.1 Å². The van der Waals surface area contributed by atoms with E-state index in [2.05, 4.69) is 5.32 Å².